The van der Waals surface area contributed by atoms with Crippen molar-refractivity contribution in [1.82, 2.24) is 10.6 Å². The van der Waals surface area contributed by atoms with E-state index < -0.39 is 60.8 Å². The number of nitrogens with one attached hydrogen (secondary N) is 2. The third kappa shape index (κ3) is 7.56. The first-order chi connectivity index (χ1) is 10.6. The number of aliphatic carboxylic acids is 2. The fourth-order valence-electron chi connectivity index (χ4n) is 1.67. The molecule has 0 rings (SSSR count). The van der Waals surface area contributed by atoms with Gasteiger partial charge in [0.15, 0.2) is 0 Å². The second-order valence-electron chi connectivity index (χ2n) is 5.35. The van der Waals surface area contributed by atoms with Crippen LogP contribution in [-0.4, -0.2) is 63.8 Å². The molecule has 23 heavy (non-hydrogen) atoms. The Bertz CT molecular complexity index is 453. The van der Waals surface area contributed by atoms with Crippen LogP contribution in [0.1, 0.15) is 26.7 Å². The van der Waals surface area contributed by atoms with Crippen LogP contribution in [0.15, 0.2) is 0 Å². The lowest BCUT2D eigenvalue weighted by Gasteiger charge is -2.23. The van der Waals surface area contributed by atoms with Crippen molar-refractivity contribution in [2.75, 3.05) is 6.61 Å². The highest BCUT2D eigenvalue weighted by Gasteiger charge is 2.29. The Morgan fingerprint density at radius 3 is 2.00 bits per heavy atom. The largest absolute Gasteiger partial charge is 0.481 e. The molecule has 3 atom stereocenters. The molecule has 7 N–H and O–H groups in total. The second kappa shape index (κ2) is 9.74. The summed E-state index contributed by atoms with van der Waals surface area (Å²) < 4.78 is 0. The Hall–Kier alpha value is -2.20. The summed E-state index contributed by atoms with van der Waals surface area (Å²) in [5.41, 5.74) is 5.31. The summed E-state index contributed by atoms with van der Waals surface area (Å²) in [6.45, 7) is 2.53. The van der Waals surface area contributed by atoms with Crippen molar-refractivity contribution in [2.24, 2.45) is 11.7 Å². The van der Waals surface area contributed by atoms with Gasteiger partial charge in [0.1, 0.15) is 18.1 Å². The van der Waals surface area contributed by atoms with Crippen molar-refractivity contribution in [3.05, 3.63) is 0 Å². The van der Waals surface area contributed by atoms with Crippen LogP contribution >= 0.6 is 0 Å². The van der Waals surface area contributed by atoms with Crippen molar-refractivity contribution < 1.29 is 34.5 Å². The number of carboxylic acids is 2. The Morgan fingerprint density at radius 2 is 1.61 bits per heavy atom. The van der Waals surface area contributed by atoms with Crippen molar-refractivity contribution in [2.45, 2.75) is 44.8 Å². The van der Waals surface area contributed by atoms with Crippen LogP contribution in [-0.2, 0) is 19.2 Å². The standard InChI is InChI=1S/C13H23N3O7/c1-6(2)10(13(22)23)16-12(21)8(3-4-9(18)19)15-11(20)7(14)5-17/h6-8,10,17H,3-5,14H2,1-2H3,(H,15,20)(H,16,21)(H,18,19)(H,22,23)/t7-,8-,10-/m0/s1. The average Bonchev–Trinajstić information content (AvgIpc) is 2.46. The Morgan fingerprint density at radius 1 is 1.04 bits per heavy atom. The molecule has 0 heterocycles. The van der Waals surface area contributed by atoms with Crippen LogP contribution in [0.2, 0.25) is 0 Å². The number of aliphatic hydroxyl groups is 1. The number of amides is 2. The van der Waals surface area contributed by atoms with Crippen LogP contribution < -0.4 is 16.4 Å². The lowest BCUT2D eigenvalue weighted by Crippen LogP contribution is -2.56. The van der Waals surface area contributed by atoms with E-state index in [9.17, 15) is 19.2 Å². The van der Waals surface area contributed by atoms with E-state index in [1.165, 1.54) is 0 Å². The van der Waals surface area contributed by atoms with E-state index >= 15 is 0 Å². The normalized spacial score (nSPS) is 14.7. The minimum Gasteiger partial charge on any atom is -0.481 e. The molecule has 10 heteroatoms. The maximum atomic E-state index is 12.1. The predicted molar refractivity (Wildman–Crippen MR) is 78.3 cm³/mol. The molecule has 132 valence electrons. The minimum atomic E-state index is -1.27. The number of aliphatic hydroxyl groups excluding tert-OH is 1. The maximum absolute atomic E-state index is 12.1. The summed E-state index contributed by atoms with van der Waals surface area (Å²) in [6, 6.07) is -3.72. The molecule has 0 aromatic heterocycles. The number of carbonyl (C=O) groups is 4. The third-order valence-corrected chi connectivity index (χ3v) is 3.04. The molecule has 0 fully saturated rings. The molecule has 0 aliphatic rings. The number of carboxylic acid groups (broad SMARTS) is 2. The fourth-order valence-corrected chi connectivity index (χ4v) is 1.67. The van der Waals surface area contributed by atoms with Gasteiger partial charge >= 0.3 is 11.9 Å². The van der Waals surface area contributed by atoms with Crippen LogP contribution in [0.5, 0.6) is 0 Å². The van der Waals surface area contributed by atoms with E-state index in [1.807, 2.05) is 0 Å². The minimum absolute atomic E-state index is 0.241. The van der Waals surface area contributed by atoms with Gasteiger partial charge in [-0.15, -0.1) is 0 Å². The molecule has 2 amide bonds. The van der Waals surface area contributed by atoms with E-state index in [2.05, 4.69) is 10.6 Å². The Kier molecular flexibility index (Phi) is 8.81. The molecule has 0 saturated carbocycles. The van der Waals surface area contributed by atoms with Crippen molar-refractivity contribution >= 4 is 23.8 Å². The lowest BCUT2D eigenvalue weighted by atomic mass is 10.0. The predicted octanol–water partition coefficient (Wildman–Crippen LogP) is -2.12. The molecular formula is C13H23N3O7. The highest BCUT2D eigenvalue weighted by Crippen LogP contribution is 2.05. The quantitative estimate of drug-likeness (QED) is 0.262. The number of hydrogen-bond acceptors (Lipinski definition) is 6. The van der Waals surface area contributed by atoms with Gasteiger partial charge in [0.25, 0.3) is 0 Å². The molecule has 0 aromatic rings. The SMILES string of the molecule is CC(C)[C@H](NC(=O)[C@H](CCC(=O)O)NC(=O)[C@@H](N)CO)C(=O)O. The zero-order valence-electron chi connectivity index (χ0n) is 13.0. The summed E-state index contributed by atoms with van der Waals surface area (Å²) in [5.74, 6) is -4.50. The Balaban J connectivity index is 5.02. The summed E-state index contributed by atoms with van der Waals surface area (Å²) in [5, 5.41) is 31.0. The van der Waals surface area contributed by atoms with Gasteiger partial charge in [-0.1, -0.05) is 13.8 Å². The average molecular weight is 333 g/mol. The smallest absolute Gasteiger partial charge is 0.326 e. The van der Waals surface area contributed by atoms with E-state index in [0.29, 0.717) is 0 Å². The van der Waals surface area contributed by atoms with E-state index in [0.717, 1.165) is 0 Å². The van der Waals surface area contributed by atoms with Gasteiger partial charge in [-0.05, 0) is 12.3 Å². The fraction of sp³-hybridized carbons (Fsp3) is 0.692. The van der Waals surface area contributed by atoms with Gasteiger partial charge in [-0.25, -0.2) is 4.79 Å². The first-order valence-corrected chi connectivity index (χ1v) is 7.01. The van der Waals surface area contributed by atoms with E-state index in [4.69, 9.17) is 21.1 Å². The van der Waals surface area contributed by atoms with E-state index in [-0.39, 0.29) is 6.42 Å². The molecule has 0 saturated heterocycles. The van der Waals surface area contributed by atoms with Crippen LogP contribution in [0.25, 0.3) is 0 Å². The topological polar surface area (TPSA) is 179 Å². The summed E-state index contributed by atoms with van der Waals surface area (Å²) in [7, 11) is 0. The zero-order valence-corrected chi connectivity index (χ0v) is 13.0. The molecule has 0 aliphatic heterocycles. The van der Waals surface area contributed by atoms with Gasteiger partial charge in [-0.2, -0.15) is 0 Å². The van der Waals surface area contributed by atoms with Gasteiger partial charge < -0.3 is 31.7 Å². The van der Waals surface area contributed by atoms with Crippen LogP contribution in [0.3, 0.4) is 0 Å². The van der Waals surface area contributed by atoms with Gasteiger partial charge in [-0.3, -0.25) is 14.4 Å². The number of rotatable bonds is 10. The molecule has 0 spiro atoms. The summed E-state index contributed by atoms with van der Waals surface area (Å²) >= 11 is 0. The first-order valence-electron chi connectivity index (χ1n) is 7.01. The number of nitrogens with two attached hydrogens (primary N) is 1. The van der Waals surface area contributed by atoms with Crippen molar-refractivity contribution in [3.8, 4) is 0 Å². The van der Waals surface area contributed by atoms with Crippen molar-refractivity contribution in [3.63, 3.8) is 0 Å². The Labute approximate surface area is 133 Å². The van der Waals surface area contributed by atoms with Crippen LogP contribution in [0, 0.1) is 5.92 Å². The molecule has 10 nitrogen and oxygen atoms in total. The monoisotopic (exact) mass is 333 g/mol. The van der Waals surface area contributed by atoms with Gasteiger partial charge in [0.2, 0.25) is 11.8 Å². The number of hydrogen-bond donors (Lipinski definition) is 6. The second-order valence-corrected chi connectivity index (χ2v) is 5.35. The molecular weight excluding hydrogens is 310 g/mol. The number of carbonyl (C=O) groups excluding carboxylic acids is 2. The van der Waals surface area contributed by atoms with E-state index in [1.54, 1.807) is 13.8 Å². The molecule has 0 aliphatic carbocycles. The molecule has 0 bridgehead atoms. The highest BCUT2D eigenvalue weighted by molar-refractivity contribution is 5.92. The summed E-state index contributed by atoms with van der Waals surface area (Å²) in [6.07, 6.45) is -0.651. The lowest BCUT2D eigenvalue weighted by molar-refractivity contribution is -0.144. The third-order valence-electron chi connectivity index (χ3n) is 3.04. The summed E-state index contributed by atoms with van der Waals surface area (Å²) in [4.78, 5) is 45.5. The van der Waals surface area contributed by atoms with Gasteiger partial charge in [0, 0.05) is 6.42 Å². The zero-order chi connectivity index (χ0) is 18.2. The first kappa shape index (κ1) is 20.8. The van der Waals surface area contributed by atoms with Gasteiger partial charge in [0.05, 0.1) is 6.61 Å². The van der Waals surface area contributed by atoms with Crippen molar-refractivity contribution in [1.29, 1.82) is 0 Å². The van der Waals surface area contributed by atoms with Crippen LogP contribution in [0.4, 0.5) is 0 Å². The molecule has 0 aromatic carbocycles. The molecule has 0 unspecified atom stereocenters. The highest BCUT2D eigenvalue weighted by atomic mass is 16.4. The maximum Gasteiger partial charge on any atom is 0.326 e. The molecule has 0 radical (unpaired) electrons.